The molecule has 152 valence electrons. The zero-order valence-electron chi connectivity index (χ0n) is 16.5. The number of carbonyl (C=O) groups excluding carboxylic acids is 3. The minimum atomic E-state index is -0.493. The molecule has 0 unspecified atom stereocenters. The summed E-state index contributed by atoms with van der Waals surface area (Å²) in [5.74, 6) is -0.707. The Hall–Kier alpha value is -2.90. The van der Waals surface area contributed by atoms with Gasteiger partial charge in [-0.15, -0.1) is 0 Å². The van der Waals surface area contributed by atoms with Crippen molar-refractivity contribution < 1.29 is 19.1 Å². The average Bonchev–Trinajstić information content (AvgIpc) is 2.89. The Morgan fingerprint density at radius 3 is 2.48 bits per heavy atom. The second-order valence-corrected chi connectivity index (χ2v) is 7.29. The quantitative estimate of drug-likeness (QED) is 0.545. The van der Waals surface area contributed by atoms with Crippen LogP contribution in [0.4, 0.5) is 16.2 Å². The van der Waals surface area contributed by atoms with Crippen LogP contribution in [0.2, 0.25) is 5.02 Å². The number of methoxy groups -OCH3 is 1. The lowest BCUT2D eigenvalue weighted by Crippen LogP contribution is -2.31. The fraction of sp³-hybridized carbons (Fsp3) is 0.286. The van der Waals surface area contributed by atoms with Crippen LogP contribution in [0.3, 0.4) is 0 Å². The summed E-state index contributed by atoms with van der Waals surface area (Å²) in [6.45, 7) is 4.52. The van der Waals surface area contributed by atoms with Gasteiger partial charge < -0.3 is 15.4 Å². The zero-order chi connectivity index (χ0) is 21.1. The number of carbonyl (C=O) groups is 3. The molecule has 1 aliphatic rings. The zero-order valence-corrected chi connectivity index (χ0v) is 17.2. The number of halogens is 1. The van der Waals surface area contributed by atoms with Crippen molar-refractivity contribution in [2.75, 3.05) is 30.9 Å². The molecular weight excluding hydrogens is 394 g/mol. The van der Waals surface area contributed by atoms with Gasteiger partial charge in [0.2, 0.25) is 0 Å². The number of nitrogens with zero attached hydrogens (tertiary/aromatic N) is 1. The number of amides is 4. The molecule has 2 N–H and O–H groups in total. The molecular formula is C21H22ClN3O4. The van der Waals surface area contributed by atoms with Crippen molar-refractivity contribution in [3.8, 4) is 0 Å². The highest BCUT2D eigenvalue weighted by atomic mass is 35.5. The number of ether oxygens (including phenoxy) is 1. The first-order valence-corrected chi connectivity index (χ1v) is 9.53. The molecule has 2 aromatic rings. The van der Waals surface area contributed by atoms with Gasteiger partial charge in [-0.2, -0.15) is 0 Å². The second-order valence-electron chi connectivity index (χ2n) is 6.89. The average molecular weight is 416 g/mol. The summed E-state index contributed by atoms with van der Waals surface area (Å²) < 4.78 is 4.97. The van der Waals surface area contributed by atoms with Gasteiger partial charge in [-0.1, -0.05) is 17.7 Å². The van der Waals surface area contributed by atoms with Crippen LogP contribution in [0, 0.1) is 13.8 Å². The fourth-order valence-electron chi connectivity index (χ4n) is 3.29. The van der Waals surface area contributed by atoms with E-state index in [-0.39, 0.29) is 23.9 Å². The highest BCUT2D eigenvalue weighted by Crippen LogP contribution is 2.28. The monoisotopic (exact) mass is 415 g/mol. The Labute approximate surface area is 174 Å². The van der Waals surface area contributed by atoms with Gasteiger partial charge in [-0.05, 0) is 55.7 Å². The molecule has 0 atom stereocenters. The van der Waals surface area contributed by atoms with Gasteiger partial charge in [0.1, 0.15) is 0 Å². The third kappa shape index (κ3) is 4.41. The second kappa shape index (κ2) is 8.63. The standard InChI is InChI=1S/C21H22ClN3O4/c1-12-9-13(2)18(17(22)10-12)24-21(28)23-14-5-6-15-16(11-14)20(27)25(19(15)26)7-4-8-29-3/h5-6,9-11H,4,7-8H2,1-3H3,(H2,23,24,28). The minimum absolute atomic E-state index is 0.273. The number of rotatable bonds is 6. The van der Waals surface area contributed by atoms with Crippen molar-refractivity contribution in [2.45, 2.75) is 20.3 Å². The molecule has 2 aromatic carbocycles. The molecule has 0 bridgehead atoms. The van der Waals surface area contributed by atoms with E-state index >= 15 is 0 Å². The summed E-state index contributed by atoms with van der Waals surface area (Å²) in [4.78, 5) is 38.6. The SMILES string of the molecule is COCCCN1C(=O)c2ccc(NC(=O)Nc3c(C)cc(C)cc3Cl)cc2C1=O. The first-order chi connectivity index (χ1) is 13.8. The van der Waals surface area contributed by atoms with Crippen molar-refractivity contribution in [2.24, 2.45) is 0 Å². The van der Waals surface area contributed by atoms with Crippen LogP contribution in [-0.2, 0) is 4.74 Å². The molecule has 0 aromatic heterocycles. The van der Waals surface area contributed by atoms with Gasteiger partial charge in [0, 0.05) is 25.9 Å². The van der Waals surface area contributed by atoms with E-state index in [1.165, 1.54) is 11.0 Å². The van der Waals surface area contributed by atoms with E-state index < -0.39 is 6.03 Å². The van der Waals surface area contributed by atoms with Gasteiger partial charge in [0.25, 0.3) is 11.8 Å². The summed E-state index contributed by atoms with van der Waals surface area (Å²) in [7, 11) is 1.57. The van der Waals surface area contributed by atoms with Crippen molar-refractivity contribution >= 4 is 40.8 Å². The highest BCUT2D eigenvalue weighted by Gasteiger charge is 2.35. The van der Waals surface area contributed by atoms with E-state index in [1.54, 1.807) is 25.3 Å². The number of imide groups is 1. The van der Waals surface area contributed by atoms with Crippen LogP contribution in [0.5, 0.6) is 0 Å². The normalized spacial score (nSPS) is 12.9. The van der Waals surface area contributed by atoms with Crippen LogP contribution in [-0.4, -0.2) is 43.0 Å². The van der Waals surface area contributed by atoms with E-state index in [1.807, 2.05) is 19.9 Å². The molecule has 29 heavy (non-hydrogen) atoms. The van der Waals surface area contributed by atoms with Crippen molar-refractivity contribution in [3.05, 3.63) is 57.6 Å². The Kier molecular flexibility index (Phi) is 6.20. The predicted octanol–water partition coefficient (Wildman–Crippen LogP) is 4.23. The van der Waals surface area contributed by atoms with Crippen LogP contribution in [0.15, 0.2) is 30.3 Å². The first kappa shape index (κ1) is 20.8. The Morgan fingerprint density at radius 2 is 1.79 bits per heavy atom. The van der Waals surface area contributed by atoms with E-state index in [0.29, 0.717) is 35.0 Å². The van der Waals surface area contributed by atoms with Crippen molar-refractivity contribution in [3.63, 3.8) is 0 Å². The molecule has 0 spiro atoms. The third-order valence-electron chi connectivity index (χ3n) is 4.63. The topological polar surface area (TPSA) is 87.7 Å². The van der Waals surface area contributed by atoms with Crippen molar-refractivity contribution in [1.29, 1.82) is 0 Å². The molecule has 3 rings (SSSR count). The Balaban J connectivity index is 1.72. The molecule has 4 amide bonds. The molecule has 0 aliphatic carbocycles. The maximum absolute atomic E-state index is 12.6. The van der Waals surface area contributed by atoms with Gasteiger partial charge in [0.05, 0.1) is 21.8 Å². The third-order valence-corrected chi connectivity index (χ3v) is 4.93. The molecule has 1 heterocycles. The molecule has 0 radical (unpaired) electrons. The van der Waals surface area contributed by atoms with Gasteiger partial charge in [-0.3, -0.25) is 14.5 Å². The largest absolute Gasteiger partial charge is 0.385 e. The van der Waals surface area contributed by atoms with E-state index in [2.05, 4.69) is 10.6 Å². The van der Waals surface area contributed by atoms with Crippen LogP contribution >= 0.6 is 11.6 Å². The Morgan fingerprint density at radius 1 is 1.07 bits per heavy atom. The number of urea groups is 1. The van der Waals surface area contributed by atoms with Crippen LogP contribution < -0.4 is 10.6 Å². The predicted molar refractivity (Wildman–Crippen MR) is 112 cm³/mol. The highest BCUT2D eigenvalue weighted by molar-refractivity contribution is 6.34. The maximum atomic E-state index is 12.6. The molecule has 7 nitrogen and oxygen atoms in total. The number of fused-ring (bicyclic) bond motifs is 1. The first-order valence-electron chi connectivity index (χ1n) is 9.15. The lowest BCUT2D eigenvalue weighted by atomic mass is 10.1. The lowest BCUT2D eigenvalue weighted by Gasteiger charge is -2.13. The molecule has 0 fully saturated rings. The lowest BCUT2D eigenvalue weighted by molar-refractivity contribution is 0.0638. The molecule has 0 saturated heterocycles. The smallest absolute Gasteiger partial charge is 0.323 e. The maximum Gasteiger partial charge on any atom is 0.323 e. The van der Waals surface area contributed by atoms with Gasteiger partial charge >= 0.3 is 6.03 Å². The fourth-order valence-corrected chi connectivity index (χ4v) is 3.66. The summed E-state index contributed by atoms with van der Waals surface area (Å²) in [5.41, 5.74) is 3.36. The molecule has 0 saturated carbocycles. The number of hydrogen-bond acceptors (Lipinski definition) is 4. The summed E-state index contributed by atoms with van der Waals surface area (Å²) in [6, 6.07) is 7.83. The number of benzene rings is 2. The Bertz CT molecular complexity index is 967. The summed E-state index contributed by atoms with van der Waals surface area (Å²) in [5, 5.41) is 5.85. The molecule has 1 aliphatic heterocycles. The van der Waals surface area contributed by atoms with Crippen LogP contribution in [0.25, 0.3) is 0 Å². The van der Waals surface area contributed by atoms with E-state index in [9.17, 15) is 14.4 Å². The number of anilines is 2. The van der Waals surface area contributed by atoms with E-state index in [4.69, 9.17) is 16.3 Å². The van der Waals surface area contributed by atoms with Crippen LogP contribution in [0.1, 0.15) is 38.3 Å². The minimum Gasteiger partial charge on any atom is -0.385 e. The summed E-state index contributed by atoms with van der Waals surface area (Å²) in [6.07, 6.45) is 0.562. The molecule has 8 heteroatoms. The van der Waals surface area contributed by atoms with Gasteiger partial charge in [0.15, 0.2) is 0 Å². The van der Waals surface area contributed by atoms with Gasteiger partial charge in [-0.25, -0.2) is 4.79 Å². The van der Waals surface area contributed by atoms with Crippen molar-refractivity contribution in [1.82, 2.24) is 4.90 Å². The number of aryl methyl sites for hydroxylation is 2. The summed E-state index contributed by atoms with van der Waals surface area (Å²) >= 11 is 6.22. The van der Waals surface area contributed by atoms with E-state index in [0.717, 1.165) is 11.1 Å². The number of hydrogen-bond donors (Lipinski definition) is 2. The number of nitrogens with one attached hydrogen (secondary N) is 2.